The molecule has 0 radical (unpaired) electrons. The molecule has 0 saturated carbocycles. The number of nitrogens with two attached hydrogens (primary N) is 1. The summed E-state index contributed by atoms with van der Waals surface area (Å²) >= 11 is 0. The molecule has 5 nitrogen and oxygen atoms in total. The quantitative estimate of drug-likeness (QED) is 0.839. The number of likely N-dealkylation sites (tertiary alicyclic amines) is 1. The summed E-state index contributed by atoms with van der Waals surface area (Å²) in [6.07, 6.45) is 3.77. The molecule has 1 aromatic heterocycles. The molecule has 5 heteroatoms. The second-order valence-corrected chi connectivity index (χ2v) is 5.24. The lowest BCUT2D eigenvalue weighted by molar-refractivity contribution is 0.0560. The molecule has 0 spiro atoms. The average Bonchev–Trinajstić information content (AvgIpc) is 2.86. The highest BCUT2D eigenvalue weighted by Crippen LogP contribution is 2.22. The van der Waals surface area contributed by atoms with Crippen LogP contribution in [0.5, 0.6) is 0 Å². The number of hydrogen-bond donors (Lipinski definition) is 1. The van der Waals surface area contributed by atoms with Gasteiger partial charge in [-0.25, -0.2) is 4.79 Å². The van der Waals surface area contributed by atoms with Gasteiger partial charge in [0.1, 0.15) is 0 Å². The van der Waals surface area contributed by atoms with E-state index in [-0.39, 0.29) is 6.04 Å². The molecular formula is C14H22N2O3. The van der Waals surface area contributed by atoms with Gasteiger partial charge in [-0.3, -0.25) is 4.90 Å². The molecule has 19 heavy (non-hydrogen) atoms. The van der Waals surface area contributed by atoms with Crippen LogP contribution in [0, 0.1) is 5.92 Å². The van der Waals surface area contributed by atoms with Gasteiger partial charge in [-0.05, 0) is 44.8 Å². The van der Waals surface area contributed by atoms with Crippen LogP contribution in [-0.2, 0) is 11.3 Å². The van der Waals surface area contributed by atoms with Gasteiger partial charge < -0.3 is 14.9 Å². The SMILES string of the molecule is COC(=O)c1occc1CN1CCC(C(C)N)CC1. The Hall–Kier alpha value is -1.33. The zero-order valence-electron chi connectivity index (χ0n) is 11.6. The number of furan rings is 1. The lowest BCUT2D eigenvalue weighted by atomic mass is 9.91. The first kappa shape index (κ1) is 14.1. The van der Waals surface area contributed by atoms with Gasteiger partial charge in [0.15, 0.2) is 0 Å². The van der Waals surface area contributed by atoms with Crippen LogP contribution in [0.4, 0.5) is 0 Å². The maximum absolute atomic E-state index is 11.5. The molecule has 0 aliphatic carbocycles. The molecule has 1 aromatic rings. The summed E-state index contributed by atoms with van der Waals surface area (Å²) in [5.74, 6) is 0.517. The van der Waals surface area contributed by atoms with Crippen LogP contribution in [-0.4, -0.2) is 37.1 Å². The number of carbonyl (C=O) groups is 1. The number of hydrogen-bond acceptors (Lipinski definition) is 5. The first-order valence-corrected chi connectivity index (χ1v) is 6.74. The third-order valence-electron chi connectivity index (χ3n) is 3.89. The maximum Gasteiger partial charge on any atom is 0.374 e. The van der Waals surface area contributed by atoms with Crippen LogP contribution in [0.1, 0.15) is 35.9 Å². The van der Waals surface area contributed by atoms with E-state index in [4.69, 9.17) is 14.9 Å². The molecule has 0 bridgehead atoms. The van der Waals surface area contributed by atoms with E-state index < -0.39 is 5.97 Å². The van der Waals surface area contributed by atoms with Crippen molar-refractivity contribution in [3.8, 4) is 0 Å². The van der Waals surface area contributed by atoms with Gasteiger partial charge in [-0.1, -0.05) is 0 Å². The van der Waals surface area contributed by atoms with Crippen molar-refractivity contribution in [1.29, 1.82) is 0 Å². The highest BCUT2D eigenvalue weighted by atomic mass is 16.5. The molecule has 2 N–H and O–H groups in total. The number of ether oxygens (including phenoxy) is 1. The number of nitrogens with zero attached hydrogens (tertiary/aromatic N) is 1. The van der Waals surface area contributed by atoms with E-state index in [9.17, 15) is 4.79 Å². The highest BCUT2D eigenvalue weighted by Gasteiger charge is 2.24. The minimum Gasteiger partial charge on any atom is -0.463 e. The smallest absolute Gasteiger partial charge is 0.374 e. The normalized spacial score (nSPS) is 19.3. The first-order valence-electron chi connectivity index (χ1n) is 6.74. The van der Waals surface area contributed by atoms with Crippen molar-refractivity contribution in [2.45, 2.75) is 32.4 Å². The van der Waals surface area contributed by atoms with Crippen molar-refractivity contribution >= 4 is 5.97 Å². The Morgan fingerprint density at radius 3 is 2.84 bits per heavy atom. The van der Waals surface area contributed by atoms with Gasteiger partial charge in [-0.2, -0.15) is 0 Å². The Kier molecular flexibility index (Phi) is 4.61. The molecule has 1 unspecified atom stereocenters. The van der Waals surface area contributed by atoms with Crippen molar-refractivity contribution < 1.29 is 13.9 Å². The van der Waals surface area contributed by atoms with E-state index in [0.29, 0.717) is 11.7 Å². The summed E-state index contributed by atoms with van der Waals surface area (Å²) in [6, 6.07) is 2.10. The van der Waals surface area contributed by atoms with Gasteiger partial charge >= 0.3 is 5.97 Å². The number of piperidine rings is 1. The Balaban J connectivity index is 1.93. The summed E-state index contributed by atoms with van der Waals surface area (Å²) in [6.45, 7) is 4.83. The van der Waals surface area contributed by atoms with E-state index in [2.05, 4.69) is 11.8 Å². The average molecular weight is 266 g/mol. The number of carbonyl (C=O) groups excluding carboxylic acids is 1. The predicted molar refractivity (Wildman–Crippen MR) is 71.7 cm³/mol. The Labute approximate surface area is 113 Å². The van der Waals surface area contributed by atoms with Crippen LogP contribution in [0.25, 0.3) is 0 Å². The van der Waals surface area contributed by atoms with E-state index in [0.717, 1.165) is 38.0 Å². The summed E-state index contributed by atoms with van der Waals surface area (Å²) in [5.41, 5.74) is 6.83. The zero-order chi connectivity index (χ0) is 13.8. The predicted octanol–water partition coefficient (Wildman–Crippen LogP) is 1.63. The molecule has 0 amide bonds. The molecule has 1 atom stereocenters. The van der Waals surface area contributed by atoms with Crippen LogP contribution < -0.4 is 5.73 Å². The second kappa shape index (κ2) is 6.21. The van der Waals surface area contributed by atoms with Gasteiger partial charge in [0.25, 0.3) is 0 Å². The van der Waals surface area contributed by atoms with Crippen LogP contribution in [0.2, 0.25) is 0 Å². The number of esters is 1. The largest absolute Gasteiger partial charge is 0.463 e. The van der Waals surface area contributed by atoms with Crippen LogP contribution >= 0.6 is 0 Å². The fraction of sp³-hybridized carbons (Fsp3) is 0.643. The number of rotatable bonds is 4. The fourth-order valence-electron chi connectivity index (χ4n) is 2.61. The zero-order valence-corrected chi connectivity index (χ0v) is 11.6. The lowest BCUT2D eigenvalue weighted by Crippen LogP contribution is -2.39. The van der Waals surface area contributed by atoms with Crippen molar-refractivity contribution in [3.05, 3.63) is 23.7 Å². The molecule has 106 valence electrons. The van der Waals surface area contributed by atoms with Crippen LogP contribution in [0.3, 0.4) is 0 Å². The van der Waals surface area contributed by atoms with Gasteiger partial charge in [0.05, 0.1) is 13.4 Å². The minimum atomic E-state index is -0.412. The molecule has 1 fully saturated rings. The topological polar surface area (TPSA) is 68.7 Å². The molecular weight excluding hydrogens is 244 g/mol. The van der Waals surface area contributed by atoms with E-state index in [1.807, 2.05) is 6.07 Å². The number of methoxy groups -OCH3 is 1. The summed E-state index contributed by atoms with van der Waals surface area (Å²) in [5, 5.41) is 0. The lowest BCUT2D eigenvalue weighted by Gasteiger charge is -2.33. The van der Waals surface area contributed by atoms with Crippen molar-refractivity contribution in [2.24, 2.45) is 11.7 Å². The van der Waals surface area contributed by atoms with Crippen LogP contribution in [0.15, 0.2) is 16.7 Å². The van der Waals surface area contributed by atoms with Crippen molar-refractivity contribution in [1.82, 2.24) is 4.90 Å². The summed E-state index contributed by atoms with van der Waals surface area (Å²) < 4.78 is 9.90. The molecule has 2 rings (SSSR count). The monoisotopic (exact) mass is 266 g/mol. The molecule has 2 heterocycles. The molecule has 1 aliphatic heterocycles. The van der Waals surface area contributed by atoms with Crippen molar-refractivity contribution in [3.63, 3.8) is 0 Å². The summed E-state index contributed by atoms with van der Waals surface area (Å²) in [7, 11) is 1.36. The second-order valence-electron chi connectivity index (χ2n) is 5.24. The molecule has 0 aromatic carbocycles. The molecule has 1 aliphatic rings. The summed E-state index contributed by atoms with van der Waals surface area (Å²) in [4.78, 5) is 13.9. The third-order valence-corrected chi connectivity index (χ3v) is 3.89. The Morgan fingerprint density at radius 2 is 2.26 bits per heavy atom. The van der Waals surface area contributed by atoms with Crippen molar-refractivity contribution in [2.75, 3.05) is 20.2 Å². The van der Waals surface area contributed by atoms with Gasteiger partial charge in [0.2, 0.25) is 5.76 Å². The first-order chi connectivity index (χ1) is 9.11. The third kappa shape index (κ3) is 3.36. The van der Waals surface area contributed by atoms with E-state index >= 15 is 0 Å². The van der Waals surface area contributed by atoms with E-state index in [1.54, 1.807) is 0 Å². The maximum atomic E-state index is 11.5. The Morgan fingerprint density at radius 1 is 1.58 bits per heavy atom. The highest BCUT2D eigenvalue weighted by molar-refractivity contribution is 5.87. The molecule has 1 saturated heterocycles. The standard InChI is InChI=1S/C14H22N2O3/c1-10(15)11-3-6-16(7-4-11)9-12-5-8-19-13(12)14(17)18-2/h5,8,10-11H,3-4,6-7,9,15H2,1-2H3. The van der Waals surface area contributed by atoms with Gasteiger partial charge in [0, 0.05) is 18.2 Å². The van der Waals surface area contributed by atoms with E-state index in [1.165, 1.54) is 13.4 Å². The van der Waals surface area contributed by atoms with Gasteiger partial charge in [-0.15, -0.1) is 0 Å². The minimum absolute atomic E-state index is 0.265. The fourth-order valence-corrected chi connectivity index (χ4v) is 2.61. The Bertz CT molecular complexity index is 420.